The Balaban J connectivity index is 1.81. The molecule has 0 amide bonds. The van der Waals surface area contributed by atoms with Crippen LogP contribution in [0.25, 0.3) is 0 Å². The van der Waals surface area contributed by atoms with Gasteiger partial charge in [-0.3, -0.25) is 4.90 Å². The summed E-state index contributed by atoms with van der Waals surface area (Å²) in [5.74, 6) is 0.310. The Hall–Kier alpha value is -0.810. The predicted octanol–water partition coefficient (Wildman–Crippen LogP) is 1.53. The zero-order chi connectivity index (χ0) is 14.0. The molecule has 19 heavy (non-hydrogen) atoms. The first-order valence-electron chi connectivity index (χ1n) is 7.36. The number of aliphatic hydroxyl groups is 1. The minimum absolute atomic E-state index is 0.0950. The monoisotopic (exact) mass is 269 g/mol. The Bertz CT molecular complexity index is 330. The van der Waals surface area contributed by atoms with Crippen molar-refractivity contribution >= 4 is 5.84 Å². The standard InChI is InChI=1S/C14H27N3O2/c1-14(2,13(15)16-19)6-3-7-17-10-4-5-11(17)9-12(18)8-10/h10-12,18-19H,3-9H2,1-2H3,(H2,15,16). The van der Waals surface area contributed by atoms with E-state index in [0.717, 1.165) is 32.2 Å². The first-order chi connectivity index (χ1) is 8.94. The van der Waals surface area contributed by atoms with Gasteiger partial charge >= 0.3 is 0 Å². The van der Waals surface area contributed by atoms with E-state index in [0.29, 0.717) is 17.9 Å². The average molecular weight is 269 g/mol. The minimum atomic E-state index is -0.247. The van der Waals surface area contributed by atoms with E-state index in [4.69, 9.17) is 10.9 Å². The zero-order valence-electron chi connectivity index (χ0n) is 12.0. The molecule has 5 nitrogen and oxygen atoms in total. The first-order valence-corrected chi connectivity index (χ1v) is 7.36. The van der Waals surface area contributed by atoms with E-state index in [-0.39, 0.29) is 11.5 Å². The molecule has 110 valence electrons. The molecule has 2 rings (SSSR count). The summed E-state index contributed by atoms with van der Waals surface area (Å²) in [5.41, 5.74) is 5.46. The van der Waals surface area contributed by atoms with Gasteiger partial charge in [0.2, 0.25) is 0 Å². The Morgan fingerprint density at radius 3 is 2.42 bits per heavy atom. The van der Waals surface area contributed by atoms with Crippen molar-refractivity contribution in [1.29, 1.82) is 0 Å². The van der Waals surface area contributed by atoms with Gasteiger partial charge in [0.1, 0.15) is 5.84 Å². The molecule has 2 saturated heterocycles. The highest BCUT2D eigenvalue weighted by Crippen LogP contribution is 2.36. The highest BCUT2D eigenvalue weighted by Gasteiger charge is 2.39. The van der Waals surface area contributed by atoms with Crippen LogP contribution in [0.4, 0.5) is 0 Å². The Morgan fingerprint density at radius 1 is 1.32 bits per heavy atom. The molecule has 2 bridgehead atoms. The summed E-state index contributed by atoms with van der Waals surface area (Å²) in [6.45, 7) is 5.08. The van der Waals surface area contributed by atoms with Crippen molar-refractivity contribution in [3.63, 3.8) is 0 Å². The number of amidine groups is 1. The summed E-state index contributed by atoms with van der Waals surface area (Å²) in [5, 5.41) is 21.7. The SMILES string of the molecule is CC(C)(CCCN1C2CCC1CC(O)C2)C(N)=NO. The zero-order valence-corrected chi connectivity index (χ0v) is 12.0. The maximum Gasteiger partial charge on any atom is 0.144 e. The summed E-state index contributed by atoms with van der Waals surface area (Å²) < 4.78 is 0. The van der Waals surface area contributed by atoms with Crippen molar-refractivity contribution < 1.29 is 10.3 Å². The van der Waals surface area contributed by atoms with Crippen LogP contribution in [0.3, 0.4) is 0 Å². The van der Waals surface area contributed by atoms with E-state index in [1.54, 1.807) is 0 Å². The van der Waals surface area contributed by atoms with Crippen LogP contribution in [0.15, 0.2) is 5.16 Å². The highest BCUT2D eigenvalue weighted by atomic mass is 16.4. The highest BCUT2D eigenvalue weighted by molar-refractivity contribution is 5.85. The van der Waals surface area contributed by atoms with Crippen LogP contribution >= 0.6 is 0 Å². The van der Waals surface area contributed by atoms with Gasteiger partial charge in [0, 0.05) is 17.5 Å². The number of piperidine rings is 1. The lowest BCUT2D eigenvalue weighted by Gasteiger charge is -2.37. The molecule has 2 atom stereocenters. The average Bonchev–Trinajstić information content (AvgIpc) is 2.60. The molecule has 4 N–H and O–H groups in total. The topological polar surface area (TPSA) is 82.1 Å². The van der Waals surface area contributed by atoms with Crippen molar-refractivity contribution in [2.24, 2.45) is 16.3 Å². The third kappa shape index (κ3) is 3.20. The van der Waals surface area contributed by atoms with E-state index >= 15 is 0 Å². The van der Waals surface area contributed by atoms with Crippen molar-refractivity contribution in [2.45, 2.75) is 70.6 Å². The second-order valence-corrected chi connectivity index (χ2v) is 6.72. The first kappa shape index (κ1) is 14.6. The van der Waals surface area contributed by atoms with Gasteiger partial charge in [-0.2, -0.15) is 0 Å². The number of fused-ring (bicyclic) bond motifs is 2. The second kappa shape index (κ2) is 5.67. The van der Waals surface area contributed by atoms with Crippen LogP contribution < -0.4 is 5.73 Å². The largest absolute Gasteiger partial charge is 0.409 e. The van der Waals surface area contributed by atoms with Crippen LogP contribution in [-0.4, -0.2) is 45.8 Å². The predicted molar refractivity (Wildman–Crippen MR) is 75.2 cm³/mol. The lowest BCUT2D eigenvalue weighted by atomic mass is 9.86. The molecule has 2 aliphatic heterocycles. The third-order valence-electron chi connectivity index (χ3n) is 4.88. The van der Waals surface area contributed by atoms with Gasteiger partial charge < -0.3 is 16.0 Å². The summed E-state index contributed by atoms with van der Waals surface area (Å²) in [6, 6.07) is 1.14. The molecule has 0 radical (unpaired) electrons. The number of oxime groups is 1. The summed E-state index contributed by atoms with van der Waals surface area (Å²) in [7, 11) is 0. The van der Waals surface area contributed by atoms with Crippen LogP contribution in [0.2, 0.25) is 0 Å². The number of nitrogens with two attached hydrogens (primary N) is 1. The molecule has 0 aromatic carbocycles. The fourth-order valence-electron chi connectivity index (χ4n) is 3.58. The molecule has 2 heterocycles. The number of rotatable bonds is 5. The van der Waals surface area contributed by atoms with E-state index < -0.39 is 0 Å². The fraction of sp³-hybridized carbons (Fsp3) is 0.929. The second-order valence-electron chi connectivity index (χ2n) is 6.72. The molecular formula is C14H27N3O2. The fourth-order valence-corrected chi connectivity index (χ4v) is 3.58. The van der Waals surface area contributed by atoms with Gasteiger partial charge in [-0.25, -0.2) is 0 Å². The Labute approximate surface area is 115 Å². The van der Waals surface area contributed by atoms with Gasteiger partial charge in [-0.15, -0.1) is 0 Å². The molecular weight excluding hydrogens is 242 g/mol. The van der Waals surface area contributed by atoms with E-state index in [1.807, 2.05) is 13.8 Å². The number of aliphatic hydroxyl groups excluding tert-OH is 1. The van der Waals surface area contributed by atoms with Crippen molar-refractivity contribution in [2.75, 3.05) is 6.54 Å². The Kier molecular flexibility index (Phi) is 4.36. The summed E-state index contributed by atoms with van der Waals surface area (Å²) >= 11 is 0. The molecule has 0 saturated carbocycles. The number of hydrogen-bond acceptors (Lipinski definition) is 4. The van der Waals surface area contributed by atoms with Crippen LogP contribution in [-0.2, 0) is 0 Å². The van der Waals surface area contributed by atoms with Crippen LogP contribution in [0.5, 0.6) is 0 Å². The molecule has 0 aromatic rings. The smallest absolute Gasteiger partial charge is 0.144 e. The minimum Gasteiger partial charge on any atom is -0.409 e. The molecule has 0 aromatic heterocycles. The van der Waals surface area contributed by atoms with E-state index in [9.17, 15) is 5.11 Å². The maximum absolute atomic E-state index is 9.78. The number of hydrogen-bond donors (Lipinski definition) is 3. The van der Waals surface area contributed by atoms with Crippen molar-refractivity contribution in [1.82, 2.24) is 4.90 Å². The van der Waals surface area contributed by atoms with Gasteiger partial charge in [-0.05, 0) is 45.1 Å². The third-order valence-corrected chi connectivity index (χ3v) is 4.88. The van der Waals surface area contributed by atoms with Crippen LogP contribution in [0, 0.1) is 5.41 Å². The number of nitrogens with zero attached hydrogens (tertiary/aromatic N) is 2. The van der Waals surface area contributed by atoms with Gasteiger partial charge in [0.05, 0.1) is 6.10 Å². The normalized spacial score (nSPS) is 32.8. The van der Waals surface area contributed by atoms with Gasteiger partial charge in [0.25, 0.3) is 0 Å². The van der Waals surface area contributed by atoms with E-state index in [2.05, 4.69) is 10.1 Å². The molecule has 2 unspecified atom stereocenters. The molecule has 2 aliphatic rings. The summed E-state index contributed by atoms with van der Waals surface area (Å²) in [4.78, 5) is 2.56. The Morgan fingerprint density at radius 2 is 1.89 bits per heavy atom. The van der Waals surface area contributed by atoms with Crippen LogP contribution in [0.1, 0.15) is 52.4 Å². The molecule has 0 aliphatic carbocycles. The molecule has 0 spiro atoms. The maximum atomic E-state index is 9.78. The van der Waals surface area contributed by atoms with Crippen molar-refractivity contribution in [3.8, 4) is 0 Å². The van der Waals surface area contributed by atoms with E-state index in [1.165, 1.54) is 12.8 Å². The van der Waals surface area contributed by atoms with Gasteiger partial charge in [0.15, 0.2) is 0 Å². The molecule has 2 fully saturated rings. The van der Waals surface area contributed by atoms with Gasteiger partial charge in [-0.1, -0.05) is 19.0 Å². The quantitative estimate of drug-likeness (QED) is 0.306. The lowest BCUT2D eigenvalue weighted by molar-refractivity contribution is 0.0338. The lowest BCUT2D eigenvalue weighted by Crippen LogP contribution is -2.45. The van der Waals surface area contributed by atoms with Crippen molar-refractivity contribution in [3.05, 3.63) is 0 Å². The summed E-state index contributed by atoms with van der Waals surface area (Å²) in [6.07, 6.45) is 6.19. The molecule has 5 heteroatoms.